The Labute approximate surface area is 197 Å². The van der Waals surface area contributed by atoms with Crippen LogP contribution in [0.4, 0.5) is 18.2 Å². The third kappa shape index (κ3) is 4.81. The number of hydrogen-bond donors (Lipinski definition) is 0. The van der Waals surface area contributed by atoms with Gasteiger partial charge in [-0.15, -0.1) is 0 Å². The fourth-order valence-corrected chi connectivity index (χ4v) is 4.81. The molecule has 3 aromatic heterocycles. The Morgan fingerprint density at radius 2 is 1.91 bits per heavy atom. The summed E-state index contributed by atoms with van der Waals surface area (Å²) in [6.07, 6.45) is -1.81. The lowest BCUT2D eigenvalue weighted by atomic mass is 10.1. The highest BCUT2D eigenvalue weighted by molar-refractivity contribution is 7.16. The minimum absolute atomic E-state index is 0.0598. The molecule has 0 aliphatic carbocycles. The van der Waals surface area contributed by atoms with Gasteiger partial charge in [-0.25, -0.2) is 24.6 Å². The molecule has 1 unspecified atom stereocenters. The van der Waals surface area contributed by atoms with E-state index in [0.717, 1.165) is 0 Å². The molecule has 4 heterocycles. The lowest BCUT2D eigenvalue weighted by Crippen LogP contribution is -2.54. The van der Waals surface area contributed by atoms with Crippen LogP contribution in [0.15, 0.2) is 12.4 Å². The van der Waals surface area contributed by atoms with Crippen molar-refractivity contribution in [2.45, 2.75) is 39.5 Å². The molecule has 1 saturated heterocycles. The van der Waals surface area contributed by atoms with Crippen LogP contribution in [0.25, 0.3) is 11.3 Å². The number of ether oxygens (including phenoxy) is 1. The molecule has 1 fully saturated rings. The number of thiazole rings is 1. The number of alkyl halides is 3. The Morgan fingerprint density at radius 1 is 1.21 bits per heavy atom. The molecule has 10 nitrogen and oxygen atoms in total. The summed E-state index contributed by atoms with van der Waals surface area (Å²) >= 11 is 0.574. The highest BCUT2D eigenvalue weighted by atomic mass is 32.1. The molecular weight excluding hydrogens is 473 g/mol. The fraction of sp³-hybridized carbons (Fsp3) is 0.500. The number of piperazine rings is 1. The van der Waals surface area contributed by atoms with E-state index < -0.39 is 11.2 Å². The van der Waals surface area contributed by atoms with Crippen LogP contribution in [0.2, 0.25) is 0 Å². The van der Waals surface area contributed by atoms with Crippen molar-refractivity contribution in [1.29, 1.82) is 0 Å². The Bertz CT molecular complexity index is 1180. The second-order valence-corrected chi connectivity index (χ2v) is 8.85. The maximum Gasteiger partial charge on any atom is 0.443 e. The summed E-state index contributed by atoms with van der Waals surface area (Å²) in [5, 5.41) is 3.65. The van der Waals surface area contributed by atoms with E-state index in [1.807, 2.05) is 11.8 Å². The van der Waals surface area contributed by atoms with Crippen molar-refractivity contribution < 1.29 is 22.7 Å². The number of rotatable bonds is 5. The van der Waals surface area contributed by atoms with Crippen LogP contribution in [0.1, 0.15) is 23.6 Å². The van der Waals surface area contributed by atoms with E-state index >= 15 is 0 Å². The number of methoxy groups -OCH3 is 1. The Balaban J connectivity index is 1.56. The zero-order chi connectivity index (χ0) is 24.6. The zero-order valence-electron chi connectivity index (χ0n) is 19.0. The maximum atomic E-state index is 13.5. The van der Waals surface area contributed by atoms with Crippen LogP contribution in [0, 0.1) is 13.8 Å². The van der Waals surface area contributed by atoms with Crippen molar-refractivity contribution in [2.24, 2.45) is 0 Å². The summed E-state index contributed by atoms with van der Waals surface area (Å²) in [6, 6.07) is -0.127. The average molecular weight is 497 g/mol. The molecule has 3 aromatic rings. The van der Waals surface area contributed by atoms with Gasteiger partial charge in [0.2, 0.25) is 10.9 Å². The highest BCUT2D eigenvalue weighted by Crippen LogP contribution is 2.43. The number of amides is 1. The summed E-state index contributed by atoms with van der Waals surface area (Å²) in [7, 11) is 1.40. The van der Waals surface area contributed by atoms with Gasteiger partial charge in [0, 0.05) is 43.6 Å². The molecule has 182 valence electrons. The third-order valence-corrected chi connectivity index (χ3v) is 6.58. The van der Waals surface area contributed by atoms with Crippen LogP contribution in [0.5, 0.6) is 6.01 Å². The van der Waals surface area contributed by atoms with Gasteiger partial charge in [0.15, 0.2) is 0 Å². The molecule has 1 aliphatic heterocycles. The molecule has 0 spiro atoms. The average Bonchev–Trinajstić information content (AvgIpc) is 3.37. The number of hydrogen-bond acceptors (Lipinski definition) is 9. The lowest BCUT2D eigenvalue weighted by molar-refractivity contribution is -0.137. The van der Waals surface area contributed by atoms with Crippen LogP contribution in [0.3, 0.4) is 0 Å². The van der Waals surface area contributed by atoms with Gasteiger partial charge in [-0.05, 0) is 20.8 Å². The van der Waals surface area contributed by atoms with E-state index in [-0.39, 0.29) is 30.2 Å². The topological polar surface area (TPSA) is 102 Å². The monoisotopic (exact) mass is 496 g/mol. The molecule has 0 radical (unpaired) electrons. The van der Waals surface area contributed by atoms with E-state index in [9.17, 15) is 18.0 Å². The van der Waals surface area contributed by atoms with Gasteiger partial charge < -0.3 is 14.5 Å². The lowest BCUT2D eigenvalue weighted by Gasteiger charge is -2.40. The number of anilines is 1. The van der Waals surface area contributed by atoms with Gasteiger partial charge in [-0.3, -0.25) is 4.79 Å². The van der Waals surface area contributed by atoms with Gasteiger partial charge in [0.25, 0.3) is 0 Å². The summed E-state index contributed by atoms with van der Waals surface area (Å²) in [5.41, 5.74) is 0.506. The fourth-order valence-electron chi connectivity index (χ4n) is 3.82. The summed E-state index contributed by atoms with van der Waals surface area (Å²) in [4.78, 5) is 32.5. The molecule has 1 aliphatic rings. The summed E-state index contributed by atoms with van der Waals surface area (Å²) < 4.78 is 46.9. The molecule has 1 atom stereocenters. The SMILES string of the molecule is COc1ncc(-c2nc(C(F)(F)F)sc2N2CCN(C(=O)Cn3nc(C)nc3C)C(C)C2)cn1. The zero-order valence-corrected chi connectivity index (χ0v) is 19.8. The van der Waals surface area contributed by atoms with E-state index in [4.69, 9.17) is 4.74 Å². The van der Waals surface area contributed by atoms with Crippen molar-refractivity contribution in [3.05, 3.63) is 29.1 Å². The van der Waals surface area contributed by atoms with Crippen molar-refractivity contribution >= 4 is 22.2 Å². The van der Waals surface area contributed by atoms with Gasteiger partial charge in [-0.1, -0.05) is 11.3 Å². The van der Waals surface area contributed by atoms with Crippen molar-refractivity contribution in [2.75, 3.05) is 31.6 Å². The third-order valence-electron chi connectivity index (χ3n) is 5.42. The molecule has 0 saturated carbocycles. The van der Waals surface area contributed by atoms with Crippen LogP contribution >= 0.6 is 11.3 Å². The first-order chi connectivity index (χ1) is 16.1. The van der Waals surface area contributed by atoms with Gasteiger partial charge in [0.05, 0.1) is 7.11 Å². The normalized spacial score (nSPS) is 16.7. The standard InChI is InChI=1S/C20H23F3N8O2S/c1-11-9-29(5-6-30(11)15(32)10-31-13(3)26-12(2)28-31)17-16(27-18(34-17)20(21,22)23)14-7-24-19(33-4)25-8-14/h7-8,11H,5-6,9-10H2,1-4H3. The molecular formula is C20H23F3N8O2S. The van der Waals surface area contributed by atoms with E-state index in [1.165, 1.54) is 19.5 Å². The largest absolute Gasteiger partial charge is 0.467 e. The Morgan fingerprint density at radius 3 is 2.47 bits per heavy atom. The van der Waals surface area contributed by atoms with E-state index in [2.05, 4.69) is 25.0 Å². The number of aromatic nitrogens is 6. The predicted molar refractivity (Wildman–Crippen MR) is 118 cm³/mol. The minimum Gasteiger partial charge on any atom is -0.467 e. The Hall–Kier alpha value is -3.29. The summed E-state index contributed by atoms with van der Waals surface area (Å²) in [5.74, 6) is 1.11. The first-order valence-electron chi connectivity index (χ1n) is 10.4. The Kier molecular flexibility index (Phi) is 6.43. The van der Waals surface area contributed by atoms with Crippen LogP contribution in [-0.4, -0.2) is 73.3 Å². The van der Waals surface area contributed by atoms with Gasteiger partial charge >= 0.3 is 12.2 Å². The van der Waals surface area contributed by atoms with Crippen molar-refractivity contribution in [3.8, 4) is 17.3 Å². The van der Waals surface area contributed by atoms with Gasteiger partial charge in [0.1, 0.15) is 28.9 Å². The number of halogens is 3. The van der Waals surface area contributed by atoms with Gasteiger partial charge in [-0.2, -0.15) is 18.3 Å². The first kappa shape index (κ1) is 23.9. The number of aryl methyl sites for hydroxylation is 2. The van der Waals surface area contributed by atoms with E-state index in [0.29, 0.717) is 53.2 Å². The molecule has 0 bridgehead atoms. The maximum absolute atomic E-state index is 13.5. The van der Waals surface area contributed by atoms with Crippen LogP contribution < -0.4 is 9.64 Å². The molecule has 0 aromatic carbocycles. The molecule has 4 rings (SSSR count). The number of carbonyl (C=O) groups is 1. The minimum atomic E-state index is -4.58. The number of nitrogens with zero attached hydrogens (tertiary/aromatic N) is 8. The highest BCUT2D eigenvalue weighted by Gasteiger charge is 2.38. The quantitative estimate of drug-likeness (QED) is 0.531. The molecule has 0 N–H and O–H groups in total. The first-order valence-corrected chi connectivity index (χ1v) is 11.3. The van der Waals surface area contributed by atoms with Crippen molar-refractivity contribution in [3.63, 3.8) is 0 Å². The molecule has 14 heteroatoms. The van der Waals surface area contributed by atoms with Crippen LogP contribution in [-0.2, 0) is 17.5 Å². The second kappa shape index (κ2) is 9.16. The smallest absolute Gasteiger partial charge is 0.443 e. The number of carbonyl (C=O) groups excluding carboxylic acids is 1. The molecule has 1 amide bonds. The van der Waals surface area contributed by atoms with Crippen molar-refractivity contribution in [1.82, 2.24) is 34.6 Å². The summed E-state index contributed by atoms with van der Waals surface area (Å²) in [6.45, 7) is 6.52. The second-order valence-electron chi connectivity index (χ2n) is 7.88. The van der Waals surface area contributed by atoms with E-state index in [1.54, 1.807) is 23.4 Å². The molecule has 34 heavy (non-hydrogen) atoms. The predicted octanol–water partition coefficient (Wildman–Crippen LogP) is 2.57.